The molecule has 2 rings (SSSR count). The van der Waals surface area contributed by atoms with Crippen LogP contribution in [-0.4, -0.2) is 13.4 Å². The Morgan fingerprint density at radius 1 is 1.39 bits per heavy atom. The summed E-state index contributed by atoms with van der Waals surface area (Å²) in [7, 11) is -3.65. The normalized spacial score (nSPS) is 13.4. The summed E-state index contributed by atoms with van der Waals surface area (Å²) in [5, 5.41) is 1.90. The first-order chi connectivity index (χ1) is 8.50. The minimum absolute atomic E-state index is 0.00313. The van der Waals surface area contributed by atoms with Crippen LogP contribution in [-0.2, 0) is 10.0 Å². The average Bonchev–Trinajstić information content (AvgIpc) is 2.82. The molecule has 3 N–H and O–H groups in total. The molecule has 7 heteroatoms. The van der Waals surface area contributed by atoms with Crippen LogP contribution in [0.5, 0.6) is 0 Å². The number of thiophene rings is 1. The Bertz CT molecular complexity index is 623. The smallest absolute Gasteiger partial charge is 0.244 e. The van der Waals surface area contributed by atoms with Gasteiger partial charge in [0.1, 0.15) is 10.7 Å². The third-order valence-electron chi connectivity index (χ3n) is 2.39. The van der Waals surface area contributed by atoms with Crippen molar-refractivity contribution in [2.45, 2.75) is 17.9 Å². The molecule has 0 radical (unpaired) electrons. The highest BCUT2D eigenvalue weighted by Gasteiger charge is 2.21. The van der Waals surface area contributed by atoms with Gasteiger partial charge in [-0.15, -0.1) is 11.3 Å². The molecule has 2 aromatic rings. The summed E-state index contributed by atoms with van der Waals surface area (Å²) in [5.74, 6) is 0.00313. The first kappa shape index (κ1) is 13.0. The molecule has 18 heavy (non-hydrogen) atoms. The number of sulfonamides is 1. The number of anilines is 1. The molecule has 0 spiro atoms. The topological polar surface area (TPSA) is 85.1 Å². The van der Waals surface area contributed by atoms with E-state index in [0.717, 1.165) is 4.88 Å². The maximum absolute atomic E-state index is 12.1. The Balaban J connectivity index is 2.26. The average molecular weight is 283 g/mol. The van der Waals surface area contributed by atoms with Crippen LogP contribution in [0, 0.1) is 0 Å². The lowest BCUT2D eigenvalue weighted by Crippen LogP contribution is -2.27. The van der Waals surface area contributed by atoms with E-state index in [4.69, 9.17) is 5.73 Å². The summed E-state index contributed by atoms with van der Waals surface area (Å²) in [6.45, 7) is 1.79. The van der Waals surface area contributed by atoms with E-state index in [1.54, 1.807) is 13.0 Å². The first-order valence-electron chi connectivity index (χ1n) is 5.27. The quantitative estimate of drug-likeness (QED) is 0.895. The van der Waals surface area contributed by atoms with Gasteiger partial charge in [0.2, 0.25) is 10.0 Å². The van der Waals surface area contributed by atoms with Gasteiger partial charge >= 0.3 is 0 Å². The largest absolute Gasteiger partial charge is 0.383 e. The number of pyridine rings is 1. The maximum atomic E-state index is 12.1. The van der Waals surface area contributed by atoms with Crippen molar-refractivity contribution >= 4 is 27.2 Å². The summed E-state index contributed by atoms with van der Waals surface area (Å²) >= 11 is 1.50. The zero-order chi connectivity index (χ0) is 13.2. The lowest BCUT2D eigenvalue weighted by Gasteiger charge is -2.13. The van der Waals surface area contributed by atoms with Gasteiger partial charge in [0.25, 0.3) is 0 Å². The lowest BCUT2D eigenvalue weighted by molar-refractivity contribution is 0.568. The van der Waals surface area contributed by atoms with E-state index in [1.807, 2.05) is 17.5 Å². The van der Waals surface area contributed by atoms with Crippen LogP contribution in [0.15, 0.2) is 40.7 Å². The van der Waals surface area contributed by atoms with Crippen LogP contribution in [0.2, 0.25) is 0 Å². The molecular formula is C11H13N3O2S2. The molecule has 0 amide bonds. The van der Waals surface area contributed by atoms with Gasteiger partial charge in [0.15, 0.2) is 0 Å². The molecule has 0 aliphatic heterocycles. The number of hydrogen-bond donors (Lipinski definition) is 2. The van der Waals surface area contributed by atoms with Crippen molar-refractivity contribution in [3.05, 3.63) is 40.7 Å². The summed E-state index contributed by atoms with van der Waals surface area (Å²) in [5.41, 5.74) is 5.57. The molecule has 0 bridgehead atoms. The molecule has 0 saturated carbocycles. The number of rotatable bonds is 4. The van der Waals surface area contributed by atoms with Crippen molar-refractivity contribution in [2.24, 2.45) is 0 Å². The fraction of sp³-hybridized carbons (Fsp3) is 0.182. The van der Waals surface area contributed by atoms with E-state index in [1.165, 1.54) is 23.6 Å². The fourth-order valence-electron chi connectivity index (χ4n) is 1.52. The molecule has 2 aromatic heterocycles. The van der Waals surface area contributed by atoms with E-state index in [2.05, 4.69) is 9.71 Å². The van der Waals surface area contributed by atoms with E-state index in [9.17, 15) is 8.42 Å². The number of aromatic nitrogens is 1. The molecule has 0 saturated heterocycles. The van der Waals surface area contributed by atoms with Crippen LogP contribution >= 0.6 is 11.3 Å². The zero-order valence-electron chi connectivity index (χ0n) is 9.70. The Morgan fingerprint density at radius 2 is 2.17 bits per heavy atom. The van der Waals surface area contributed by atoms with Gasteiger partial charge in [-0.25, -0.2) is 18.1 Å². The Morgan fingerprint density at radius 3 is 2.78 bits per heavy atom. The predicted octanol–water partition coefficient (Wildman–Crippen LogP) is 1.76. The van der Waals surface area contributed by atoms with Crippen molar-refractivity contribution < 1.29 is 8.42 Å². The number of nitrogens with two attached hydrogens (primary N) is 1. The first-order valence-corrected chi connectivity index (χ1v) is 7.63. The fourth-order valence-corrected chi connectivity index (χ4v) is 3.64. The number of nitrogens with zero attached hydrogens (tertiary/aromatic N) is 1. The van der Waals surface area contributed by atoms with Crippen molar-refractivity contribution in [2.75, 3.05) is 5.73 Å². The zero-order valence-corrected chi connectivity index (χ0v) is 11.3. The molecule has 2 heterocycles. The standard InChI is InChI=1S/C11H13N3O2S2/c1-8(9-4-3-7-17-9)14-18(15,16)10-5-2-6-13-11(10)12/h2-8,14H,1H3,(H2,12,13). The Kier molecular flexibility index (Phi) is 3.65. The van der Waals surface area contributed by atoms with Gasteiger partial charge in [-0.1, -0.05) is 6.07 Å². The number of nitrogens with one attached hydrogen (secondary N) is 1. The van der Waals surface area contributed by atoms with Gasteiger partial charge in [-0.2, -0.15) is 0 Å². The summed E-state index contributed by atoms with van der Waals surface area (Å²) < 4.78 is 26.8. The van der Waals surface area contributed by atoms with Crippen LogP contribution in [0.1, 0.15) is 17.8 Å². The minimum atomic E-state index is -3.65. The molecule has 0 aromatic carbocycles. The summed E-state index contributed by atoms with van der Waals surface area (Å²) in [4.78, 5) is 4.73. The van der Waals surface area contributed by atoms with E-state index in [-0.39, 0.29) is 16.8 Å². The Hall–Kier alpha value is -1.44. The molecule has 96 valence electrons. The Labute approximate surface area is 110 Å². The molecule has 0 fully saturated rings. The highest BCUT2D eigenvalue weighted by atomic mass is 32.2. The minimum Gasteiger partial charge on any atom is -0.383 e. The predicted molar refractivity (Wildman–Crippen MR) is 71.7 cm³/mol. The van der Waals surface area contributed by atoms with Crippen LogP contribution in [0.25, 0.3) is 0 Å². The molecule has 0 aliphatic rings. The third-order valence-corrected chi connectivity index (χ3v) is 5.03. The van der Waals surface area contributed by atoms with Crippen LogP contribution < -0.4 is 10.5 Å². The van der Waals surface area contributed by atoms with E-state index in [0.29, 0.717) is 0 Å². The summed E-state index contributed by atoms with van der Waals surface area (Å²) in [6.07, 6.45) is 1.46. The molecule has 1 unspecified atom stereocenters. The van der Waals surface area contributed by atoms with Crippen molar-refractivity contribution in [1.29, 1.82) is 0 Å². The molecule has 1 atom stereocenters. The molecule has 5 nitrogen and oxygen atoms in total. The second kappa shape index (κ2) is 5.05. The maximum Gasteiger partial charge on any atom is 0.244 e. The van der Waals surface area contributed by atoms with Crippen molar-refractivity contribution in [3.8, 4) is 0 Å². The van der Waals surface area contributed by atoms with Crippen LogP contribution in [0.3, 0.4) is 0 Å². The van der Waals surface area contributed by atoms with Crippen molar-refractivity contribution in [3.63, 3.8) is 0 Å². The lowest BCUT2D eigenvalue weighted by atomic mass is 10.3. The molecule has 0 aliphatic carbocycles. The molecular weight excluding hydrogens is 270 g/mol. The third kappa shape index (κ3) is 2.69. The highest BCUT2D eigenvalue weighted by Crippen LogP contribution is 2.22. The number of hydrogen-bond acceptors (Lipinski definition) is 5. The highest BCUT2D eigenvalue weighted by molar-refractivity contribution is 7.89. The van der Waals surface area contributed by atoms with Crippen molar-refractivity contribution in [1.82, 2.24) is 9.71 Å². The van der Waals surface area contributed by atoms with Gasteiger partial charge in [-0.3, -0.25) is 0 Å². The van der Waals surface area contributed by atoms with E-state index >= 15 is 0 Å². The number of nitrogen functional groups attached to an aromatic ring is 1. The van der Waals surface area contributed by atoms with Gasteiger partial charge in [-0.05, 0) is 30.5 Å². The van der Waals surface area contributed by atoms with Gasteiger partial charge in [0, 0.05) is 11.1 Å². The SMILES string of the molecule is CC(NS(=O)(=O)c1cccnc1N)c1cccs1. The summed E-state index contributed by atoms with van der Waals surface area (Å²) in [6, 6.07) is 6.44. The monoisotopic (exact) mass is 283 g/mol. The van der Waals surface area contributed by atoms with Gasteiger partial charge in [0.05, 0.1) is 6.04 Å². The second-order valence-corrected chi connectivity index (χ2v) is 6.41. The van der Waals surface area contributed by atoms with E-state index < -0.39 is 10.0 Å². The second-order valence-electron chi connectivity index (χ2n) is 3.75. The van der Waals surface area contributed by atoms with Crippen LogP contribution in [0.4, 0.5) is 5.82 Å². The van der Waals surface area contributed by atoms with Gasteiger partial charge < -0.3 is 5.73 Å².